The van der Waals surface area contributed by atoms with Crippen molar-refractivity contribution in [3.8, 4) is 5.75 Å². The number of nitrogens with two attached hydrogens (primary N) is 1. The molecule has 2 aromatic rings. The molecular weight excluding hydrogens is 324 g/mol. The van der Waals surface area contributed by atoms with Gasteiger partial charge in [-0.2, -0.15) is 0 Å². The Morgan fingerprint density at radius 3 is 2.89 bits per heavy atom. The van der Waals surface area contributed by atoms with E-state index in [0.29, 0.717) is 5.13 Å². The van der Waals surface area contributed by atoms with Crippen LogP contribution in [0, 0.1) is 0 Å². The maximum atomic E-state index is 5.61. The lowest BCUT2D eigenvalue weighted by molar-refractivity contribution is 0.315. The lowest BCUT2D eigenvalue weighted by atomic mass is 10.2. The third-order valence-electron chi connectivity index (χ3n) is 2.40. The maximum Gasteiger partial charge on any atom is 0.180 e. The highest BCUT2D eigenvalue weighted by atomic mass is 79.9. The van der Waals surface area contributed by atoms with Crippen molar-refractivity contribution in [3.63, 3.8) is 0 Å². The molecule has 2 N–H and O–H groups in total. The molecule has 19 heavy (non-hydrogen) atoms. The van der Waals surface area contributed by atoms with Gasteiger partial charge in [0.05, 0.1) is 16.8 Å². The summed E-state index contributed by atoms with van der Waals surface area (Å²) >= 11 is 4.96. The van der Waals surface area contributed by atoms with Gasteiger partial charge in [-0.05, 0) is 46.1 Å². The minimum atomic E-state index is 0.587. The Hall–Kier alpha value is -1.33. The van der Waals surface area contributed by atoms with Crippen LogP contribution in [0.5, 0.6) is 5.75 Å². The second-order valence-electron chi connectivity index (χ2n) is 3.98. The summed E-state index contributed by atoms with van der Waals surface area (Å²) in [7, 11) is 0. The molecule has 3 nitrogen and oxygen atoms in total. The van der Waals surface area contributed by atoms with E-state index in [4.69, 9.17) is 10.5 Å². The maximum absolute atomic E-state index is 5.61. The second-order valence-corrected chi connectivity index (χ2v) is 5.73. The van der Waals surface area contributed by atoms with Crippen LogP contribution in [0.2, 0.25) is 0 Å². The van der Waals surface area contributed by atoms with Crippen LogP contribution in [0.4, 0.5) is 5.13 Å². The number of nitrogen functional groups attached to an aromatic ring is 1. The molecule has 0 amide bonds. The second kappa shape index (κ2) is 6.73. The summed E-state index contributed by atoms with van der Waals surface area (Å²) in [5.74, 6) is 0.872. The van der Waals surface area contributed by atoms with Crippen LogP contribution in [0.15, 0.2) is 28.1 Å². The van der Waals surface area contributed by atoms with E-state index in [1.54, 1.807) is 0 Å². The first-order valence-corrected chi connectivity index (χ1v) is 7.67. The number of thiazole rings is 1. The van der Waals surface area contributed by atoms with Crippen molar-refractivity contribution in [3.05, 3.63) is 39.3 Å². The average molecular weight is 339 g/mol. The molecule has 0 bridgehead atoms. The molecule has 0 radical (unpaired) electrons. The molecule has 0 unspecified atom stereocenters. The molecule has 1 aromatic heterocycles. The molecule has 100 valence electrons. The van der Waals surface area contributed by atoms with Gasteiger partial charge in [-0.15, -0.1) is 11.3 Å². The number of anilines is 1. The summed E-state index contributed by atoms with van der Waals surface area (Å²) in [6.07, 6.45) is 4.95. The summed E-state index contributed by atoms with van der Waals surface area (Å²) < 4.78 is 6.57. The quantitative estimate of drug-likeness (QED) is 0.876. The van der Waals surface area contributed by atoms with Crippen molar-refractivity contribution < 1.29 is 4.74 Å². The fourth-order valence-corrected chi connectivity index (χ4v) is 2.55. The Balaban J connectivity index is 2.09. The van der Waals surface area contributed by atoms with Crippen LogP contribution >= 0.6 is 27.3 Å². The largest absolute Gasteiger partial charge is 0.492 e. The lowest BCUT2D eigenvalue weighted by Crippen LogP contribution is -1.95. The summed E-state index contributed by atoms with van der Waals surface area (Å²) in [5.41, 5.74) is 7.55. The van der Waals surface area contributed by atoms with Crippen LogP contribution in [0.1, 0.15) is 24.6 Å². The van der Waals surface area contributed by atoms with Crippen molar-refractivity contribution in [2.45, 2.75) is 13.3 Å². The Kier molecular flexibility index (Phi) is 4.99. The number of hydrogen-bond donors (Lipinski definition) is 1. The first-order chi connectivity index (χ1) is 9.19. The highest BCUT2D eigenvalue weighted by Gasteiger charge is 2.01. The van der Waals surface area contributed by atoms with Gasteiger partial charge in [0.25, 0.3) is 0 Å². The van der Waals surface area contributed by atoms with Gasteiger partial charge < -0.3 is 10.5 Å². The molecule has 0 saturated heterocycles. The van der Waals surface area contributed by atoms with Crippen molar-refractivity contribution in [2.75, 3.05) is 12.3 Å². The fourth-order valence-electron chi connectivity index (χ4n) is 1.51. The fraction of sp³-hybridized carbons (Fsp3) is 0.214. The monoisotopic (exact) mass is 338 g/mol. The van der Waals surface area contributed by atoms with Crippen molar-refractivity contribution in [1.29, 1.82) is 0 Å². The van der Waals surface area contributed by atoms with E-state index in [0.717, 1.165) is 34.5 Å². The number of ether oxygens (including phenoxy) is 1. The smallest absolute Gasteiger partial charge is 0.180 e. The molecule has 0 aliphatic rings. The molecule has 5 heteroatoms. The molecule has 0 atom stereocenters. The van der Waals surface area contributed by atoms with Crippen molar-refractivity contribution >= 4 is 44.6 Å². The molecule has 0 saturated carbocycles. The summed E-state index contributed by atoms with van der Waals surface area (Å²) in [6, 6.07) is 6.01. The molecule has 1 heterocycles. The highest BCUT2D eigenvalue weighted by Crippen LogP contribution is 2.27. The van der Waals surface area contributed by atoms with Crippen LogP contribution in [0.25, 0.3) is 12.2 Å². The van der Waals surface area contributed by atoms with Crippen molar-refractivity contribution in [2.24, 2.45) is 0 Å². The zero-order valence-electron chi connectivity index (χ0n) is 10.6. The standard InChI is InChI=1S/C14H15BrN2OS/c1-2-7-18-13-6-4-10(8-12(13)15)3-5-11-9-19-14(16)17-11/h3-6,8-9H,2,7H2,1H3,(H2,16,17)/b5-3+. The third kappa shape index (κ3) is 4.08. The average Bonchev–Trinajstić information content (AvgIpc) is 2.81. The Bertz CT molecular complexity index is 581. The Labute approximate surface area is 125 Å². The topological polar surface area (TPSA) is 48.1 Å². The minimum absolute atomic E-state index is 0.587. The first-order valence-electron chi connectivity index (χ1n) is 6.00. The summed E-state index contributed by atoms with van der Waals surface area (Å²) in [5, 5.41) is 2.52. The van der Waals surface area contributed by atoms with E-state index in [-0.39, 0.29) is 0 Å². The Morgan fingerprint density at radius 1 is 1.42 bits per heavy atom. The molecular formula is C14H15BrN2OS. The highest BCUT2D eigenvalue weighted by molar-refractivity contribution is 9.10. The van der Waals surface area contributed by atoms with E-state index in [1.807, 2.05) is 35.7 Å². The van der Waals surface area contributed by atoms with Gasteiger partial charge in [-0.3, -0.25) is 0 Å². The number of rotatable bonds is 5. The predicted octanol–water partition coefficient (Wildman–Crippen LogP) is 4.45. The van der Waals surface area contributed by atoms with E-state index < -0.39 is 0 Å². The molecule has 0 aliphatic carbocycles. The van der Waals surface area contributed by atoms with E-state index in [1.165, 1.54) is 11.3 Å². The minimum Gasteiger partial charge on any atom is -0.492 e. The van der Waals surface area contributed by atoms with Gasteiger partial charge >= 0.3 is 0 Å². The lowest BCUT2D eigenvalue weighted by Gasteiger charge is -2.07. The van der Waals surface area contributed by atoms with Crippen LogP contribution in [-0.4, -0.2) is 11.6 Å². The SMILES string of the molecule is CCCOc1ccc(/C=C/c2csc(N)n2)cc1Br. The number of aromatic nitrogens is 1. The van der Waals surface area contributed by atoms with Gasteiger partial charge in [0.15, 0.2) is 5.13 Å². The van der Waals surface area contributed by atoms with Crippen LogP contribution in [-0.2, 0) is 0 Å². The van der Waals surface area contributed by atoms with Crippen LogP contribution < -0.4 is 10.5 Å². The molecule has 1 aromatic carbocycles. The third-order valence-corrected chi connectivity index (χ3v) is 3.72. The molecule has 2 rings (SSSR count). The number of nitrogens with zero attached hydrogens (tertiary/aromatic N) is 1. The van der Waals surface area contributed by atoms with E-state index in [9.17, 15) is 0 Å². The van der Waals surface area contributed by atoms with Gasteiger partial charge in [0.2, 0.25) is 0 Å². The van der Waals surface area contributed by atoms with E-state index >= 15 is 0 Å². The summed E-state index contributed by atoms with van der Waals surface area (Å²) in [6.45, 7) is 2.82. The van der Waals surface area contributed by atoms with Gasteiger partial charge in [-0.25, -0.2) is 4.98 Å². The molecule has 0 fully saturated rings. The summed E-state index contributed by atoms with van der Waals surface area (Å²) in [4.78, 5) is 4.18. The first kappa shape index (κ1) is 14.1. The van der Waals surface area contributed by atoms with Gasteiger partial charge in [0.1, 0.15) is 5.75 Å². The van der Waals surface area contributed by atoms with E-state index in [2.05, 4.69) is 27.8 Å². The van der Waals surface area contributed by atoms with Gasteiger partial charge in [-0.1, -0.05) is 19.1 Å². The zero-order valence-corrected chi connectivity index (χ0v) is 13.0. The number of halogens is 1. The predicted molar refractivity (Wildman–Crippen MR) is 85.4 cm³/mol. The number of benzene rings is 1. The van der Waals surface area contributed by atoms with Crippen LogP contribution in [0.3, 0.4) is 0 Å². The zero-order chi connectivity index (χ0) is 13.7. The Morgan fingerprint density at radius 2 is 2.26 bits per heavy atom. The van der Waals surface area contributed by atoms with Crippen molar-refractivity contribution in [1.82, 2.24) is 4.98 Å². The normalized spacial score (nSPS) is 11.1. The molecule has 0 spiro atoms. The molecule has 0 aliphatic heterocycles. The van der Waals surface area contributed by atoms with Gasteiger partial charge in [0, 0.05) is 5.38 Å². The number of hydrogen-bond acceptors (Lipinski definition) is 4.